The van der Waals surface area contributed by atoms with Crippen molar-refractivity contribution in [3.05, 3.63) is 35.5 Å². The molecule has 4 N–H and O–H groups in total. The van der Waals surface area contributed by atoms with Crippen LogP contribution in [0.5, 0.6) is 5.75 Å². The zero-order valence-corrected chi connectivity index (χ0v) is 12.0. The van der Waals surface area contributed by atoms with Gasteiger partial charge in [0.1, 0.15) is 23.6 Å². The molecular weight excluding hydrogens is 286 g/mol. The molecule has 116 valence electrons. The first-order chi connectivity index (χ1) is 10.4. The Kier molecular flexibility index (Phi) is 4.69. The van der Waals surface area contributed by atoms with Gasteiger partial charge < -0.3 is 20.7 Å². The fraction of sp³-hybridized carbons (Fsp3) is 0.267. The molecule has 0 aromatic heterocycles. The van der Waals surface area contributed by atoms with E-state index < -0.39 is 18.1 Å². The quantitative estimate of drug-likeness (QED) is 0.518. The van der Waals surface area contributed by atoms with E-state index in [1.54, 1.807) is 12.1 Å². The molecule has 2 unspecified atom stereocenters. The number of amidine groups is 1. The van der Waals surface area contributed by atoms with Crippen molar-refractivity contribution in [3.63, 3.8) is 0 Å². The van der Waals surface area contributed by atoms with Crippen LogP contribution in [0.2, 0.25) is 0 Å². The minimum atomic E-state index is -0.909. The smallest absolute Gasteiger partial charge is 0.278 e. The van der Waals surface area contributed by atoms with Gasteiger partial charge in [0.25, 0.3) is 5.91 Å². The molecule has 0 saturated carbocycles. The zero-order chi connectivity index (χ0) is 16.3. The molecule has 1 aliphatic heterocycles. The first-order valence-electron chi connectivity index (χ1n) is 6.72. The molecule has 1 heterocycles. The van der Waals surface area contributed by atoms with Gasteiger partial charge in [0.05, 0.1) is 18.7 Å². The number of nitrogens with zero attached hydrogens (tertiary/aromatic N) is 2. The Balaban J connectivity index is 2.37. The van der Waals surface area contributed by atoms with Crippen molar-refractivity contribution in [2.45, 2.75) is 19.1 Å². The van der Waals surface area contributed by atoms with Crippen molar-refractivity contribution in [3.8, 4) is 5.75 Å². The van der Waals surface area contributed by atoms with E-state index in [4.69, 9.17) is 5.73 Å². The summed E-state index contributed by atoms with van der Waals surface area (Å²) < 4.78 is 0. The van der Waals surface area contributed by atoms with E-state index in [0.29, 0.717) is 11.8 Å². The predicted molar refractivity (Wildman–Crippen MR) is 81.0 cm³/mol. The molecule has 1 amide bonds. The minimum Gasteiger partial charge on any atom is -0.508 e. The number of benzene rings is 1. The molecule has 0 aliphatic carbocycles. The Morgan fingerprint density at radius 3 is 2.55 bits per heavy atom. The fourth-order valence-electron chi connectivity index (χ4n) is 2.02. The molecule has 1 aromatic carbocycles. The van der Waals surface area contributed by atoms with E-state index >= 15 is 0 Å². The number of hydrogen-bond donors (Lipinski definition) is 3. The molecule has 0 spiro atoms. The summed E-state index contributed by atoms with van der Waals surface area (Å²) in [6, 6.07) is 5.36. The number of aliphatic hydroxyl groups excluding tert-OH is 1. The highest BCUT2D eigenvalue weighted by Gasteiger charge is 2.34. The van der Waals surface area contributed by atoms with E-state index in [0.717, 1.165) is 4.90 Å². The highest BCUT2D eigenvalue weighted by molar-refractivity contribution is 6.16. The lowest BCUT2D eigenvalue weighted by atomic mass is 10.1. The average Bonchev–Trinajstić information content (AvgIpc) is 2.78. The lowest BCUT2D eigenvalue weighted by Crippen LogP contribution is -2.49. The van der Waals surface area contributed by atoms with Crippen LogP contribution in [0, 0.1) is 0 Å². The molecule has 7 heteroatoms. The number of phenolic OH excluding ortho intramolecular Hbond substituents is 1. The van der Waals surface area contributed by atoms with Gasteiger partial charge in [0, 0.05) is 0 Å². The van der Waals surface area contributed by atoms with Crippen molar-refractivity contribution in [1.29, 1.82) is 0 Å². The molecule has 1 aliphatic rings. The van der Waals surface area contributed by atoms with E-state index in [9.17, 15) is 19.8 Å². The first-order valence-corrected chi connectivity index (χ1v) is 6.72. The number of rotatable bonds is 5. The predicted octanol–water partition coefficient (Wildman–Crippen LogP) is -0.119. The zero-order valence-electron chi connectivity index (χ0n) is 12.0. The number of aldehydes is 1. The van der Waals surface area contributed by atoms with E-state index in [2.05, 4.69) is 4.99 Å². The molecule has 1 aromatic rings. The second-order valence-corrected chi connectivity index (χ2v) is 4.94. The number of aliphatic hydroxyl groups is 1. The lowest BCUT2D eigenvalue weighted by Gasteiger charge is -2.21. The molecule has 22 heavy (non-hydrogen) atoms. The van der Waals surface area contributed by atoms with Crippen molar-refractivity contribution in [2.75, 3.05) is 6.54 Å². The molecule has 2 atom stereocenters. The summed E-state index contributed by atoms with van der Waals surface area (Å²) in [6.07, 6.45) is 1.20. The van der Waals surface area contributed by atoms with Crippen LogP contribution < -0.4 is 5.73 Å². The highest BCUT2D eigenvalue weighted by atomic mass is 16.3. The largest absolute Gasteiger partial charge is 0.508 e. The molecule has 7 nitrogen and oxygen atoms in total. The SMILES string of the molecule is CC(O)C(N)C1=NC(=Cc2ccc(O)cc2)C(=O)N1CC=O. The second-order valence-electron chi connectivity index (χ2n) is 4.94. The van der Waals surface area contributed by atoms with Crippen molar-refractivity contribution < 1.29 is 19.8 Å². The van der Waals surface area contributed by atoms with Gasteiger partial charge >= 0.3 is 0 Å². The van der Waals surface area contributed by atoms with Crippen molar-refractivity contribution in [2.24, 2.45) is 10.7 Å². The normalized spacial score (nSPS) is 19.2. The number of nitrogens with two attached hydrogens (primary N) is 1. The standard InChI is InChI=1S/C15H17N3O4/c1-9(20)13(16)14-17-12(15(22)18(14)6-7-19)8-10-2-4-11(21)5-3-10/h2-5,7-9,13,20-21H,6,16H2,1H3. The van der Waals surface area contributed by atoms with Gasteiger partial charge in [-0.05, 0) is 30.7 Å². The average molecular weight is 303 g/mol. The van der Waals surface area contributed by atoms with Gasteiger partial charge in [-0.15, -0.1) is 0 Å². The maximum absolute atomic E-state index is 12.3. The number of carbonyl (C=O) groups is 2. The van der Waals surface area contributed by atoms with Gasteiger partial charge in [0.2, 0.25) is 0 Å². The summed E-state index contributed by atoms with van der Waals surface area (Å²) in [6.45, 7) is 1.31. The van der Waals surface area contributed by atoms with Gasteiger partial charge in [0.15, 0.2) is 0 Å². The topological polar surface area (TPSA) is 116 Å². The number of carbonyl (C=O) groups excluding carboxylic acids is 2. The number of hydrogen-bond acceptors (Lipinski definition) is 6. The summed E-state index contributed by atoms with van der Waals surface area (Å²) in [4.78, 5) is 28.4. The number of amides is 1. The van der Waals surface area contributed by atoms with Crippen LogP contribution in [0.4, 0.5) is 0 Å². The first kappa shape index (κ1) is 15.9. The van der Waals surface area contributed by atoms with Gasteiger partial charge in [-0.3, -0.25) is 9.69 Å². The van der Waals surface area contributed by atoms with E-state index in [-0.39, 0.29) is 23.8 Å². The molecule has 2 rings (SSSR count). The number of aliphatic imine (C=N–C) groups is 1. The molecule has 0 fully saturated rings. The Bertz CT molecular complexity index is 635. The highest BCUT2D eigenvalue weighted by Crippen LogP contribution is 2.21. The maximum atomic E-state index is 12.3. The molecule has 0 bridgehead atoms. The third kappa shape index (κ3) is 3.21. The third-order valence-electron chi connectivity index (χ3n) is 3.25. The maximum Gasteiger partial charge on any atom is 0.278 e. The van der Waals surface area contributed by atoms with Crippen LogP contribution in [0.25, 0.3) is 6.08 Å². The Morgan fingerprint density at radius 2 is 2.00 bits per heavy atom. The van der Waals surface area contributed by atoms with E-state index in [1.165, 1.54) is 25.1 Å². The van der Waals surface area contributed by atoms with Gasteiger partial charge in [-0.2, -0.15) is 0 Å². The summed E-state index contributed by atoms with van der Waals surface area (Å²) >= 11 is 0. The van der Waals surface area contributed by atoms with Crippen LogP contribution in [-0.2, 0) is 9.59 Å². The molecular formula is C15H17N3O4. The van der Waals surface area contributed by atoms with Crippen LogP contribution in [-0.4, -0.2) is 51.8 Å². The molecule has 0 radical (unpaired) electrons. The monoisotopic (exact) mass is 303 g/mol. The molecule has 0 saturated heterocycles. The second kappa shape index (κ2) is 6.50. The van der Waals surface area contributed by atoms with Crippen LogP contribution in [0.15, 0.2) is 35.0 Å². The van der Waals surface area contributed by atoms with Crippen LogP contribution >= 0.6 is 0 Å². The van der Waals surface area contributed by atoms with Crippen molar-refractivity contribution in [1.82, 2.24) is 4.90 Å². The van der Waals surface area contributed by atoms with Gasteiger partial charge in [-0.1, -0.05) is 12.1 Å². The Morgan fingerprint density at radius 1 is 1.36 bits per heavy atom. The minimum absolute atomic E-state index is 0.114. The summed E-state index contributed by atoms with van der Waals surface area (Å²) in [5, 5.41) is 18.8. The van der Waals surface area contributed by atoms with E-state index in [1.807, 2.05) is 0 Å². The van der Waals surface area contributed by atoms with Crippen molar-refractivity contribution >= 4 is 24.1 Å². The third-order valence-corrected chi connectivity index (χ3v) is 3.25. The number of aromatic hydroxyl groups is 1. The summed E-state index contributed by atoms with van der Waals surface area (Å²) in [7, 11) is 0. The summed E-state index contributed by atoms with van der Waals surface area (Å²) in [5.74, 6) is -0.175. The van der Waals surface area contributed by atoms with Crippen LogP contribution in [0.1, 0.15) is 12.5 Å². The Labute approximate surface area is 127 Å². The van der Waals surface area contributed by atoms with Crippen LogP contribution in [0.3, 0.4) is 0 Å². The lowest BCUT2D eigenvalue weighted by molar-refractivity contribution is -0.124. The Hall–Kier alpha value is -2.51. The summed E-state index contributed by atoms with van der Waals surface area (Å²) in [5.41, 5.74) is 6.62. The fourth-order valence-corrected chi connectivity index (χ4v) is 2.02. The number of phenols is 1. The van der Waals surface area contributed by atoms with Gasteiger partial charge in [-0.25, -0.2) is 4.99 Å².